The van der Waals surface area contributed by atoms with Crippen LogP contribution in [0.2, 0.25) is 5.15 Å². The standard InChI is InChI=1S/C12H9ClF2N2O/c13-10-6-3-7-11(17-10)16-8-4-1-2-5-9(8)18-12(14)15/h1-7,12H,(H,16,17). The highest BCUT2D eigenvalue weighted by molar-refractivity contribution is 6.29. The van der Waals surface area contributed by atoms with Crippen molar-refractivity contribution in [3.63, 3.8) is 0 Å². The fourth-order valence-corrected chi connectivity index (χ4v) is 1.55. The molecule has 0 saturated carbocycles. The molecule has 2 rings (SSSR count). The summed E-state index contributed by atoms with van der Waals surface area (Å²) in [7, 11) is 0. The van der Waals surface area contributed by atoms with Crippen LogP contribution in [0.3, 0.4) is 0 Å². The number of para-hydroxylation sites is 2. The Hall–Kier alpha value is -1.88. The Morgan fingerprint density at radius 2 is 1.89 bits per heavy atom. The molecule has 18 heavy (non-hydrogen) atoms. The molecule has 0 amide bonds. The van der Waals surface area contributed by atoms with Crippen molar-refractivity contribution in [2.24, 2.45) is 0 Å². The van der Waals surface area contributed by atoms with Crippen molar-refractivity contribution >= 4 is 23.1 Å². The van der Waals surface area contributed by atoms with Gasteiger partial charge in [0.15, 0.2) is 0 Å². The second-order valence-electron chi connectivity index (χ2n) is 3.35. The highest BCUT2D eigenvalue weighted by atomic mass is 35.5. The van der Waals surface area contributed by atoms with Crippen molar-refractivity contribution < 1.29 is 13.5 Å². The first kappa shape index (κ1) is 12.6. The van der Waals surface area contributed by atoms with E-state index in [0.717, 1.165) is 0 Å². The topological polar surface area (TPSA) is 34.1 Å². The van der Waals surface area contributed by atoms with Crippen molar-refractivity contribution in [1.82, 2.24) is 4.98 Å². The van der Waals surface area contributed by atoms with Crippen LogP contribution in [0.5, 0.6) is 5.75 Å². The van der Waals surface area contributed by atoms with Gasteiger partial charge in [-0.2, -0.15) is 8.78 Å². The molecule has 2 aromatic rings. The van der Waals surface area contributed by atoms with Crippen LogP contribution in [0.15, 0.2) is 42.5 Å². The third-order valence-electron chi connectivity index (χ3n) is 2.08. The number of hydrogen-bond donors (Lipinski definition) is 1. The zero-order chi connectivity index (χ0) is 13.0. The number of nitrogens with zero attached hydrogens (tertiary/aromatic N) is 1. The predicted octanol–water partition coefficient (Wildman–Crippen LogP) is 4.08. The number of hydrogen-bond acceptors (Lipinski definition) is 3. The average Bonchev–Trinajstić information content (AvgIpc) is 2.31. The van der Waals surface area contributed by atoms with Gasteiger partial charge in [-0.3, -0.25) is 0 Å². The predicted molar refractivity (Wildman–Crippen MR) is 65.6 cm³/mol. The van der Waals surface area contributed by atoms with Crippen LogP contribution in [0.1, 0.15) is 0 Å². The largest absolute Gasteiger partial charge is 0.433 e. The Balaban J connectivity index is 2.23. The Morgan fingerprint density at radius 3 is 2.61 bits per heavy atom. The number of rotatable bonds is 4. The molecule has 0 fully saturated rings. The fourth-order valence-electron chi connectivity index (χ4n) is 1.38. The van der Waals surface area contributed by atoms with Crippen LogP contribution in [-0.4, -0.2) is 11.6 Å². The van der Waals surface area contributed by atoms with Crippen LogP contribution in [0.25, 0.3) is 0 Å². The molecule has 1 aromatic heterocycles. The fraction of sp³-hybridized carbons (Fsp3) is 0.0833. The molecule has 0 bridgehead atoms. The maximum Gasteiger partial charge on any atom is 0.387 e. The van der Waals surface area contributed by atoms with Crippen LogP contribution in [0, 0.1) is 0 Å². The summed E-state index contributed by atoms with van der Waals surface area (Å²) in [5.74, 6) is 0.502. The lowest BCUT2D eigenvalue weighted by atomic mass is 10.3. The minimum absolute atomic E-state index is 0.0503. The Morgan fingerprint density at radius 1 is 1.11 bits per heavy atom. The third-order valence-corrected chi connectivity index (χ3v) is 2.29. The molecule has 0 saturated heterocycles. The van der Waals surface area contributed by atoms with E-state index in [4.69, 9.17) is 11.6 Å². The zero-order valence-electron chi connectivity index (χ0n) is 9.11. The summed E-state index contributed by atoms with van der Waals surface area (Å²) in [6.45, 7) is -2.87. The maximum atomic E-state index is 12.2. The first-order chi connectivity index (χ1) is 8.65. The summed E-state index contributed by atoms with van der Waals surface area (Å²) < 4.78 is 28.8. The molecule has 0 atom stereocenters. The number of aromatic nitrogens is 1. The van der Waals surface area contributed by atoms with E-state index in [-0.39, 0.29) is 5.75 Å². The number of pyridine rings is 1. The molecule has 0 aliphatic rings. The average molecular weight is 271 g/mol. The number of anilines is 2. The Bertz CT molecular complexity index is 537. The van der Waals surface area contributed by atoms with E-state index >= 15 is 0 Å². The van der Waals surface area contributed by atoms with Gasteiger partial charge in [-0.15, -0.1) is 0 Å². The molecule has 1 N–H and O–H groups in total. The van der Waals surface area contributed by atoms with Crippen LogP contribution >= 0.6 is 11.6 Å². The summed E-state index contributed by atoms with van der Waals surface area (Å²) in [5.41, 5.74) is 0.396. The quantitative estimate of drug-likeness (QED) is 0.850. The van der Waals surface area contributed by atoms with Gasteiger partial charge >= 0.3 is 6.61 Å². The molecular weight excluding hydrogens is 262 g/mol. The summed E-state index contributed by atoms with van der Waals surface area (Å²) in [5, 5.41) is 3.18. The van der Waals surface area contributed by atoms with E-state index in [1.54, 1.807) is 36.4 Å². The van der Waals surface area contributed by atoms with Gasteiger partial charge in [-0.25, -0.2) is 4.98 Å². The van der Waals surface area contributed by atoms with Crippen LogP contribution in [-0.2, 0) is 0 Å². The number of alkyl halides is 2. The lowest BCUT2D eigenvalue weighted by Gasteiger charge is -2.11. The van der Waals surface area contributed by atoms with Gasteiger partial charge in [0.05, 0.1) is 5.69 Å². The monoisotopic (exact) mass is 270 g/mol. The van der Waals surface area contributed by atoms with Gasteiger partial charge in [0.25, 0.3) is 0 Å². The van der Waals surface area contributed by atoms with Gasteiger partial charge in [0.1, 0.15) is 16.7 Å². The molecule has 0 spiro atoms. The van der Waals surface area contributed by atoms with Gasteiger partial charge in [-0.05, 0) is 24.3 Å². The van der Waals surface area contributed by atoms with E-state index in [9.17, 15) is 8.78 Å². The van der Waals surface area contributed by atoms with E-state index < -0.39 is 6.61 Å². The lowest BCUT2D eigenvalue weighted by molar-refractivity contribution is -0.0493. The summed E-state index contributed by atoms with van der Waals surface area (Å²) in [4.78, 5) is 4.00. The van der Waals surface area contributed by atoms with Gasteiger partial charge < -0.3 is 10.1 Å². The SMILES string of the molecule is FC(F)Oc1ccccc1Nc1cccc(Cl)n1. The smallest absolute Gasteiger partial charge is 0.387 e. The normalized spacial score (nSPS) is 10.4. The number of benzene rings is 1. The van der Waals surface area contributed by atoms with Crippen LogP contribution in [0.4, 0.5) is 20.3 Å². The Kier molecular flexibility index (Phi) is 3.94. The first-order valence-electron chi connectivity index (χ1n) is 5.08. The van der Waals surface area contributed by atoms with Crippen molar-refractivity contribution in [2.45, 2.75) is 6.61 Å². The molecule has 0 aliphatic heterocycles. The second-order valence-corrected chi connectivity index (χ2v) is 3.73. The third kappa shape index (κ3) is 3.30. The molecule has 0 unspecified atom stereocenters. The number of nitrogens with one attached hydrogen (secondary N) is 1. The van der Waals surface area contributed by atoms with E-state index in [1.165, 1.54) is 6.07 Å². The summed E-state index contributed by atoms with van der Waals surface area (Å²) >= 11 is 5.73. The summed E-state index contributed by atoms with van der Waals surface area (Å²) in [6, 6.07) is 11.4. The van der Waals surface area contributed by atoms with Crippen molar-refractivity contribution in [3.05, 3.63) is 47.6 Å². The highest BCUT2D eigenvalue weighted by Gasteiger charge is 2.09. The van der Waals surface area contributed by atoms with E-state index in [0.29, 0.717) is 16.7 Å². The van der Waals surface area contributed by atoms with Crippen molar-refractivity contribution in [3.8, 4) is 5.75 Å². The zero-order valence-corrected chi connectivity index (χ0v) is 9.86. The number of halogens is 3. The second kappa shape index (κ2) is 5.64. The summed E-state index contributed by atoms with van der Waals surface area (Å²) in [6.07, 6.45) is 0. The molecule has 1 aromatic carbocycles. The van der Waals surface area contributed by atoms with E-state index in [1.807, 2.05) is 0 Å². The van der Waals surface area contributed by atoms with Gasteiger partial charge in [0, 0.05) is 0 Å². The lowest BCUT2D eigenvalue weighted by Crippen LogP contribution is -2.04. The first-order valence-corrected chi connectivity index (χ1v) is 5.46. The molecule has 3 nitrogen and oxygen atoms in total. The van der Waals surface area contributed by atoms with Gasteiger partial charge in [0.2, 0.25) is 0 Å². The van der Waals surface area contributed by atoms with Crippen molar-refractivity contribution in [2.75, 3.05) is 5.32 Å². The minimum atomic E-state index is -2.87. The van der Waals surface area contributed by atoms with Gasteiger partial charge in [-0.1, -0.05) is 29.8 Å². The molecule has 0 aliphatic carbocycles. The van der Waals surface area contributed by atoms with Crippen LogP contribution < -0.4 is 10.1 Å². The molecule has 6 heteroatoms. The minimum Gasteiger partial charge on any atom is -0.433 e. The molecule has 0 radical (unpaired) electrons. The molecular formula is C12H9ClF2N2O. The molecule has 94 valence electrons. The Labute approximate surface area is 107 Å². The maximum absolute atomic E-state index is 12.2. The molecule has 1 heterocycles. The number of ether oxygens (including phenoxy) is 1. The van der Waals surface area contributed by atoms with Crippen molar-refractivity contribution in [1.29, 1.82) is 0 Å². The highest BCUT2D eigenvalue weighted by Crippen LogP contribution is 2.28. The van der Waals surface area contributed by atoms with E-state index in [2.05, 4.69) is 15.0 Å².